The molecule has 0 bridgehead atoms. The zero-order chi connectivity index (χ0) is 17.8. The summed E-state index contributed by atoms with van der Waals surface area (Å²) < 4.78 is 0. The van der Waals surface area contributed by atoms with Gasteiger partial charge in [0.2, 0.25) is 17.8 Å². The molecule has 0 aliphatic carbocycles. The molecule has 0 unspecified atom stereocenters. The van der Waals surface area contributed by atoms with Crippen LogP contribution in [0, 0.1) is 13.8 Å². The monoisotopic (exact) mass is 336 g/mol. The lowest BCUT2D eigenvalue weighted by molar-refractivity contribution is 0.475. The summed E-state index contributed by atoms with van der Waals surface area (Å²) in [6.07, 6.45) is 0. The molecule has 0 aliphatic heterocycles. The Morgan fingerprint density at radius 3 is 1.80 bits per heavy atom. The molecule has 3 aromatic rings. The van der Waals surface area contributed by atoms with Crippen molar-refractivity contribution >= 4 is 29.2 Å². The van der Waals surface area contributed by atoms with Crippen LogP contribution in [0.25, 0.3) is 0 Å². The maximum atomic E-state index is 9.37. The van der Waals surface area contributed by atoms with Gasteiger partial charge in [-0.1, -0.05) is 6.07 Å². The van der Waals surface area contributed by atoms with Gasteiger partial charge in [-0.3, -0.25) is 0 Å². The van der Waals surface area contributed by atoms with Gasteiger partial charge in [0, 0.05) is 18.4 Å². The Hall–Kier alpha value is -3.35. The fourth-order valence-corrected chi connectivity index (χ4v) is 2.45. The van der Waals surface area contributed by atoms with E-state index in [0.29, 0.717) is 17.8 Å². The van der Waals surface area contributed by atoms with Crippen LogP contribution < -0.4 is 16.0 Å². The highest BCUT2D eigenvalue weighted by molar-refractivity contribution is 5.60. The number of aromatic nitrogens is 3. The molecule has 0 fully saturated rings. The first-order chi connectivity index (χ1) is 12.0. The van der Waals surface area contributed by atoms with E-state index in [4.69, 9.17) is 0 Å². The summed E-state index contributed by atoms with van der Waals surface area (Å²) in [5.41, 5.74) is 4.01. The van der Waals surface area contributed by atoms with Gasteiger partial charge in [0.15, 0.2) is 0 Å². The molecule has 0 amide bonds. The molecule has 4 N–H and O–H groups in total. The molecule has 1 heterocycles. The van der Waals surface area contributed by atoms with Crippen LogP contribution in [0.15, 0.2) is 42.5 Å². The van der Waals surface area contributed by atoms with Crippen molar-refractivity contribution in [1.29, 1.82) is 0 Å². The first-order valence-electron chi connectivity index (χ1n) is 7.87. The van der Waals surface area contributed by atoms with Crippen LogP contribution >= 0.6 is 0 Å². The predicted octanol–water partition coefficient (Wildman–Crippen LogP) is 3.72. The second-order valence-corrected chi connectivity index (χ2v) is 5.73. The van der Waals surface area contributed by atoms with E-state index in [-0.39, 0.29) is 5.75 Å². The number of anilines is 5. The zero-order valence-electron chi connectivity index (χ0n) is 14.3. The number of nitrogens with zero attached hydrogens (tertiary/aromatic N) is 3. The van der Waals surface area contributed by atoms with E-state index in [9.17, 15) is 5.11 Å². The minimum Gasteiger partial charge on any atom is -0.508 e. The predicted molar refractivity (Wildman–Crippen MR) is 100.0 cm³/mol. The van der Waals surface area contributed by atoms with Crippen LogP contribution in [0.2, 0.25) is 0 Å². The number of hydrogen-bond donors (Lipinski definition) is 4. The highest BCUT2D eigenvalue weighted by Gasteiger charge is 2.07. The van der Waals surface area contributed by atoms with Crippen molar-refractivity contribution < 1.29 is 5.11 Å². The molecule has 0 saturated carbocycles. The van der Waals surface area contributed by atoms with Gasteiger partial charge >= 0.3 is 0 Å². The average molecular weight is 336 g/mol. The SMILES string of the molecule is CNc1nc(Nc2ccc(O)cc2)nc(Nc2cc(C)cc(C)c2)n1. The highest BCUT2D eigenvalue weighted by Crippen LogP contribution is 2.21. The number of hydrogen-bond acceptors (Lipinski definition) is 7. The molecule has 0 saturated heterocycles. The molecule has 7 heteroatoms. The molecule has 3 rings (SSSR count). The Labute approximate surface area is 146 Å². The van der Waals surface area contributed by atoms with E-state index in [1.165, 1.54) is 0 Å². The van der Waals surface area contributed by atoms with Crippen LogP contribution in [0.4, 0.5) is 29.2 Å². The van der Waals surface area contributed by atoms with Crippen LogP contribution in [-0.4, -0.2) is 27.1 Å². The average Bonchev–Trinajstić information content (AvgIpc) is 2.56. The minimum absolute atomic E-state index is 0.203. The third-order valence-electron chi connectivity index (χ3n) is 3.46. The van der Waals surface area contributed by atoms with Crippen LogP contribution in [-0.2, 0) is 0 Å². The van der Waals surface area contributed by atoms with Gasteiger partial charge in [0.1, 0.15) is 5.75 Å². The largest absolute Gasteiger partial charge is 0.508 e. The summed E-state index contributed by atoms with van der Waals surface area (Å²) in [7, 11) is 1.75. The normalized spacial score (nSPS) is 10.4. The minimum atomic E-state index is 0.203. The quantitative estimate of drug-likeness (QED) is 0.527. The Balaban J connectivity index is 1.87. The van der Waals surface area contributed by atoms with Gasteiger partial charge in [-0.05, 0) is 61.4 Å². The fraction of sp³-hybridized carbons (Fsp3) is 0.167. The molecule has 0 aliphatic rings. The zero-order valence-corrected chi connectivity index (χ0v) is 14.3. The number of phenols is 1. The van der Waals surface area contributed by atoms with Crippen molar-refractivity contribution in [3.8, 4) is 5.75 Å². The molecule has 128 valence electrons. The van der Waals surface area contributed by atoms with Gasteiger partial charge in [-0.2, -0.15) is 15.0 Å². The number of rotatable bonds is 5. The second kappa shape index (κ2) is 7.04. The third kappa shape index (κ3) is 4.35. The molecule has 0 atom stereocenters. The lowest BCUT2D eigenvalue weighted by Gasteiger charge is -2.11. The Morgan fingerprint density at radius 1 is 0.720 bits per heavy atom. The number of phenolic OH excluding ortho intramolecular Hbond substituents is 1. The van der Waals surface area contributed by atoms with E-state index in [0.717, 1.165) is 22.5 Å². The van der Waals surface area contributed by atoms with E-state index in [1.54, 1.807) is 31.3 Å². The maximum Gasteiger partial charge on any atom is 0.233 e. The van der Waals surface area contributed by atoms with Crippen molar-refractivity contribution in [2.75, 3.05) is 23.0 Å². The Kier molecular flexibility index (Phi) is 4.65. The Morgan fingerprint density at radius 2 is 1.24 bits per heavy atom. The van der Waals surface area contributed by atoms with Crippen LogP contribution in [0.1, 0.15) is 11.1 Å². The molecule has 2 aromatic carbocycles. The molecule has 25 heavy (non-hydrogen) atoms. The molecule has 0 spiro atoms. The van der Waals surface area contributed by atoms with E-state index >= 15 is 0 Å². The third-order valence-corrected chi connectivity index (χ3v) is 3.46. The van der Waals surface area contributed by atoms with Crippen molar-refractivity contribution in [3.05, 3.63) is 53.6 Å². The van der Waals surface area contributed by atoms with E-state index < -0.39 is 0 Å². The number of aromatic hydroxyl groups is 1. The van der Waals surface area contributed by atoms with Gasteiger partial charge in [0.25, 0.3) is 0 Å². The van der Waals surface area contributed by atoms with Crippen molar-refractivity contribution in [2.24, 2.45) is 0 Å². The van der Waals surface area contributed by atoms with Gasteiger partial charge in [-0.25, -0.2) is 0 Å². The number of nitrogens with one attached hydrogen (secondary N) is 3. The molecule has 0 radical (unpaired) electrons. The van der Waals surface area contributed by atoms with Gasteiger partial charge in [0.05, 0.1) is 0 Å². The topological polar surface area (TPSA) is 95.0 Å². The fourth-order valence-electron chi connectivity index (χ4n) is 2.45. The van der Waals surface area contributed by atoms with E-state index in [2.05, 4.69) is 37.0 Å². The maximum absolute atomic E-state index is 9.37. The lowest BCUT2D eigenvalue weighted by atomic mass is 10.1. The molecule has 1 aromatic heterocycles. The number of benzene rings is 2. The smallest absolute Gasteiger partial charge is 0.233 e. The summed E-state index contributed by atoms with van der Waals surface area (Å²) in [5.74, 6) is 1.49. The van der Waals surface area contributed by atoms with Gasteiger partial charge < -0.3 is 21.1 Å². The highest BCUT2D eigenvalue weighted by atomic mass is 16.3. The second-order valence-electron chi connectivity index (χ2n) is 5.73. The van der Waals surface area contributed by atoms with Crippen LogP contribution in [0.5, 0.6) is 5.75 Å². The summed E-state index contributed by atoms with van der Waals surface area (Å²) >= 11 is 0. The summed E-state index contributed by atoms with van der Waals surface area (Å²) in [5, 5.41) is 18.6. The number of aryl methyl sites for hydroxylation is 2. The first kappa shape index (κ1) is 16.5. The molecular formula is C18H20N6O. The summed E-state index contributed by atoms with van der Waals surface area (Å²) in [6, 6.07) is 12.8. The summed E-state index contributed by atoms with van der Waals surface area (Å²) in [4.78, 5) is 13.0. The first-order valence-corrected chi connectivity index (χ1v) is 7.87. The summed E-state index contributed by atoms with van der Waals surface area (Å²) in [6.45, 7) is 4.09. The van der Waals surface area contributed by atoms with Crippen molar-refractivity contribution in [2.45, 2.75) is 13.8 Å². The lowest BCUT2D eigenvalue weighted by Crippen LogP contribution is -2.07. The van der Waals surface area contributed by atoms with Crippen LogP contribution in [0.3, 0.4) is 0 Å². The van der Waals surface area contributed by atoms with Gasteiger partial charge in [-0.15, -0.1) is 0 Å². The molecular weight excluding hydrogens is 316 g/mol. The van der Waals surface area contributed by atoms with E-state index in [1.807, 2.05) is 26.0 Å². The van der Waals surface area contributed by atoms with Crippen molar-refractivity contribution in [1.82, 2.24) is 15.0 Å². The molecule has 7 nitrogen and oxygen atoms in total. The van der Waals surface area contributed by atoms with Crippen molar-refractivity contribution in [3.63, 3.8) is 0 Å². The Bertz CT molecular complexity index is 859. The standard InChI is InChI=1S/C18H20N6O/c1-11-8-12(2)10-14(9-11)21-18-23-16(19-3)22-17(24-18)20-13-4-6-15(25)7-5-13/h4-10,25H,1-3H3,(H3,19,20,21,22,23,24).